The van der Waals surface area contributed by atoms with E-state index in [-0.39, 0.29) is 46.6 Å². The average molecular weight is 549 g/mol. The van der Waals surface area contributed by atoms with Crippen LogP contribution in [0.25, 0.3) is 11.0 Å². The highest BCUT2D eigenvalue weighted by atomic mass is 32.2. The Bertz CT molecular complexity index is 1410. The van der Waals surface area contributed by atoms with Gasteiger partial charge in [0.25, 0.3) is 0 Å². The molecule has 4 fully saturated rings. The van der Waals surface area contributed by atoms with Crippen LogP contribution >= 0.6 is 11.8 Å². The fourth-order valence-electron chi connectivity index (χ4n) is 9.16. The number of rotatable bonds is 4. The molecule has 4 aliphatic carbocycles. The maximum Gasteiger partial charge on any atom is 0.178 e. The van der Waals surface area contributed by atoms with Crippen LogP contribution < -0.4 is 0 Å². The van der Waals surface area contributed by atoms with Gasteiger partial charge in [-0.1, -0.05) is 49.4 Å². The molecule has 2 heterocycles. The maximum atomic E-state index is 14.4. The number of hydrogen-bond acceptors (Lipinski definition) is 7. The van der Waals surface area contributed by atoms with Crippen molar-refractivity contribution in [1.29, 1.82) is 0 Å². The zero-order valence-electron chi connectivity index (χ0n) is 22.9. The molecule has 3 saturated carbocycles. The van der Waals surface area contributed by atoms with E-state index >= 15 is 0 Å². The molecule has 1 aromatic carbocycles. The second-order valence-corrected chi connectivity index (χ2v) is 14.0. The normalized spacial score (nSPS) is 42.0. The number of carbonyl (C=O) groups excluding carboxylic acids is 2. The Kier molecular flexibility index (Phi) is 5.52. The molecule has 5 aliphatic rings. The largest absolute Gasteiger partial charge is 0.393 e. The number of para-hydroxylation sites is 2. The van der Waals surface area contributed by atoms with Crippen LogP contribution in [0.2, 0.25) is 0 Å². The zero-order chi connectivity index (χ0) is 27.4. The number of thioether (sulfide) groups is 1. The summed E-state index contributed by atoms with van der Waals surface area (Å²) >= 11 is 1.40. The molecule has 1 aliphatic heterocycles. The first-order valence-electron chi connectivity index (χ1n) is 14.1. The van der Waals surface area contributed by atoms with Gasteiger partial charge in [-0.2, -0.15) is 0 Å². The Morgan fingerprint density at radius 2 is 2.03 bits per heavy atom. The lowest BCUT2D eigenvalue weighted by atomic mass is 9.46. The van der Waals surface area contributed by atoms with E-state index in [4.69, 9.17) is 9.47 Å². The lowest BCUT2D eigenvalue weighted by molar-refractivity contribution is -0.223. The number of carbonyl (C=O) groups is 2. The van der Waals surface area contributed by atoms with Gasteiger partial charge in [0.15, 0.2) is 28.1 Å². The highest BCUT2D eigenvalue weighted by molar-refractivity contribution is 7.99. The third-order valence-electron chi connectivity index (χ3n) is 10.6. The van der Waals surface area contributed by atoms with Crippen molar-refractivity contribution < 1.29 is 24.2 Å². The molecule has 1 aromatic heterocycles. The molecule has 8 heteroatoms. The third-order valence-corrected chi connectivity index (χ3v) is 11.5. The smallest absolute Gasteiger partial charge is 0.178 e. The van der Waals surface area contributed by atoms with Crippen molar-refractivity contribution in [3.8, 4) is 0 Å². The van der Waals surface area contributed by atoms with Crippen LogP contribution in [0, 0.1) is 28.6 Å². The number of aliphatic hydroxyl groups is 1. The van der Waals surface area contributed by atoms with Crippen LogP contribution in [0.1, 0.15) is 53.4 Å². The second kappa shape index (κ2) is 8.38. The number of hydrogen-bond donors (Lipinski definition) is 2. The van der Waals surface area contributed by atoms with Crippen LogP contribution in [0.4, 0.5) is 0 Å². The summed E-state index contributed by atoms with van der Waals surface area (Å²) in [5.41, 5.74) is 0.864. The number of aromatic nitrogens is 2. The third kappa shape index (κ3) is 3.51. The SMILES string of the molecule is CC1(C)O[C@@H]2CC3C4CCC5=CC(=O)C=CC5(C)C4[C@@H](O)CC3(C)[C@]2(C(=O)CSc2nc3ccccc3[nH]2)O1. The Balaban J connectivity index is 1.23. The molecule has 39 heavy (non-hydrogen) atoms. The van der Waals surface area contributed by atoms with E-state index in [1.54, 1.807) is 12.2 Å². The summed E-state index contributed by atoms with van der Waals surface area (Å²) in [7, 11) is 0. The topological polar surface area (TPSA) is 102 Å². The first-order valence-corrected chi connectivity index (χ1v) is 15.1. The maximum absolute atomic E-state index is 14.4. The molecule has 2 aromatic rings. The number of aliphatic hydroxyl groups excluding tert-OH is 1. The van der Waals surface area contributed by atoms with Crippen molar-refractivity contribution in [3.05, 3.63) is 48.1 Å². The lowest BCUT2D eigenvalue weighted by Gasteiger charge is -2.60. The van der Waals surface area contributed by atoms with Crippen molar-refractivity contribution in [3.63, 3.8) is 0 Å². The van der Waals surface area contributed by atoms with E-state index in [0.29, 0.717) is 11.6 Å². The van der Waals surface area contributed by atoms with Crippen LogP contribution in [0.3, 0.4) is 0 Å². The predicted octanol–water partition coefficient (Wildman–Crippen LogP) is 5.00. The van der Waals surface area contributed by atoms with Gasteiger partial charge in [0.2, 0.25) is 0 Å². The van der Waals surface area contributed by atoms with Crippen molar-refractivity contribution in [1.82, 2.24) is 9.97 Å². The van der Waals surface area contributed by atoms with E-state index in [0.717, 1.165) is 35.9 Å². The number of aromatic amines is 1. The van der Waals surface area contributed by atoms with Crippen LogP contribution in [-0.4, -0.2) is 56.0 Å². The standard InChI is InChI=1S/C31H36N2O5S/c1-28(2)37-25-14-20-19-10-9-17-13-18(34)11-12-29(17,3)26(19)23(35)15-30(20,4)31(25,38-28)24(36)16-39-27-32-21-7-5-6-8-22(21)33-27/h5-8,11-13,19-20,23,25-26,35H,9-10,14-16H2,1-4H3,(H,32,33)/t19?,20?,23-,25+,26?,29?,30?,31+/m0/s1. The molecule has 7 rings (SSSR count). The van der Waals surface area contributed by atoms with Gasteiger partial charge in [0, 0.05) is 16.7 Å². The Morgan fingerprint density at radius 3 is 2.82 bits per heavy atom. The Morgan fingerprint density at radius 1 is 1.23 bits per heavy atom. The molecule has 7 nitrogen and oxygen atoms in total. The quantitative estimate of drug-likeness (QED) is 0.519. The van der Waals surface area contributed by atoms with Gasteiger partial charge < -0.3 is 19.6 Å². The van der Waals surface area contributed by atoms with Gasteiger partial charge in [-0.3, -0.25) is 9.59 Å². The number of ketones is 2. The average Bonchev–Trinajstić information content (AvgIpc) is 3.49. The molecule has 0 radical (unpaired) electrons. The van der Waals surface area contributed by atoms with E-state index in [2.05, 4.69) is 23.8 Å². The van der Waals surface area contributed by atoms with Gasteiger partial charge in [-0.25, -0.2) is 4.98 Å². The van der Waals surface area contributed by atoms with Crippen molar-refractivity contribution in [2.75, 3.05) is 5.75 Å². The van der Waals surface area contributed by atoms with Gasteiger partial charge in [-0.15, -0.1) is 0 Å². The van der Waals surface area contributed by atoms with E-state index < -0.39 is 22.9 Å². The molecule has 1 saturated heterocycles. The Hall–Kier alpha value is -2.26. The summed E-state index contributed by atoms with van der Waals surface area (Å²) in [6, 6.07) is 7.84. The molecule has 206 valence electrons. The summed E-state index contributed by atoms with van der Waals surface area (Å²) in [6.07, 6.45) is 7.36. The number of imidazole rings is 1. The van der Waals surface area contributed by atoms with E-state index in [1.807, 2.05) is 44.2 Å². The summed E-state index contributed by atoms with van der Waals surface area (Å²) in [6.45, 7) is 8.09. The number of nitrogens with zero attached hydrogens (tertiary/aromatic N) is 1. The van der Waals surface area contributed by atoms with E-state index in [1.165, 1.54) is 11.8 Å². The fourth-order valence-corrected chi connectivity index (χ4v) is 9.99. The van der Waals surface area contributed by atoms with Gasteiger partial charge in [0.05, 0.1) is 29.0 Å². The number of H-pyrrole nitrogens is 1. The minimum atomic E-state index is -1.14. The number of fused-ring (bicyclic) bond motifs is 8. The molecular weight excluding hydrogens is 512 g/mol. The molecule has 2 N–H and O–H groups in total. The van der Waals surface area contributed by atoms with Crippen molar-refractivity contribution in [2.24, 2.45) is 28.6 Å². The van der Waals surface area contributed by atoms with E-state index in [9.17, 15) is 14.7 Å². The van der Waals surface area contributed by atoms with Crippen LogP contribution in [0.15, 0.2) is 53.2 Å². The first kappa shape index (κ1) is 25.7. The van der Waals surface area contributed by atoms with Crippen molar-refractivity contribution >= 4 is 34.4 Å². The molecule has 0 spiro atoms. The summed E-state index contributed by atoms with van der Waals surface area (Å²) in [5.74, 6) is -0.293. The molecule has 8 atom stereocenters. The van der Waals surface area contributed by atoms with Crippen LogP contribution in [-0.2, 0) is 19.1 Å². The van der Waals surface area contributed by atoms with Gasteiger partial charge >= 0.3 is 0 Å². The number of nitrogens with one attached hydrogen (secondary N) is 1. The second-order valence-electron chi connectivity index (χ2n) is 13.1. The molecule has 0 bridgehead atoms. The molecular formula is C31H36N2O5S. The zero-order valence-corrected chi connectivity index (χ0v) is 23.7. The minimum absolute atomic E-state index is 0.00458. The predicted molar refractivity (Wildman–Crippen MR) is 148 cm³/mol. The minimum Gasteiger partial charge on any atom is -0.393 e. The summed E-state index contributed by atoms with van der Waals surface area (Å²) in [4.78, 5) is 34.5. The molecule has 5 unspecified atom stereocenters. The van der Waals surface area contributed by atoms with Gasteiger partial charge in [-0.05, 0) is 75.7 Å². The van der Waals surface area contributed by atoms with Crippen LogP contribution in [0.5, 0.6) is 0 Å². The van der Waals surface area contributed by atoms with Crippen molar-refractivity contribution in [2.45, 2.75) is 82.1 Å². The highest BCUT2D eigenvalue weighted by Crippen LogP contribution is 2.70. The number of Topliss-reactive ketones (excluding diaryl/α,β-unsaturated/α-hetero) is 1. The summed E-state index contributed by atoms with van der Waals surface area (Å²) < 4.78 is 13.2. The fraction of sp³-hybridized carbons (Fsp3) is 0.581. The first-order chi connectivity index (χ1) is 18.5. The van der Waals surface area contributed by atoms with Gasteiger partial charge in [0.1, 0.15) is 0 Å². The number of benzene rings is 1. The number of ether oxygens (including phenoxy) is 2. The molecule has 0 amide bonds. The lowest BCUT2D eigenvalue weighted by Crippen LogP contribution is -2.63. The highest BCUT2D eigenvalue weighted by Gasteiger charge is 2.76. The number of allylic oxidation sites excluding steroid dienone is 4. The Labute approximate surface area is 232 Å². The summed E-state index contributed by atoms with van der Waals surface area (Å²) in [5, 5.41) is 12.6. The monoisotopic (exact) mass is 548 g/mol.